The second-order valence-electron chi connectivity index (χ2n) is 4.47. The number of nitrogens with zero attached hydrogens (tertiary/aromatic N) is 2. The van der Waals surface area contributed by atoms with Crippen molar-refractivity contribution in [3.63, 3.8) is 0 Å². The molecule has 4 heteroatoms. The van der Waals surface area contributed by atoms with Gasteiger partial charge < -0.3 is 5.32 Å². The molecule has 0 saturated carbocycles. The van der Waals surface area contributed by atoms with Crippen LogP contribution in [-0.2, 0) is 6.42 Å². The number of hydrogen-bond acceptors (Lipinski definition) is 3. The van der Waals surface area contributed by atoms with Crippen LogP contribution in [0.1, 0.15) is 38.8 Å². The van der Waals surface area contributed by atoms with E-state index in [-0.39, 0.29) is 0 Å². The molecule has 17 heavy (non-hydrogen) atoms. The molecule has 1 atom stereocenters. The standard InChI is InChI=1S/C13H22ClN3/c1-3-5-12-8-13(17-10-16-12)15-7-4-6-11(2)9-14/h8,10-11H,3-7,9H2,1-2H3,(H,15,16,17). The summed E-state index contributed by atoms with van der Waals surface area (Å²) in [6.07, 6.45) is 6.04. The van der Waals surface area contributed by atoms with E-state index in [0.717, 1.165) is 49.6 Å². The summed E-state index contributed by atoms with van der Waals surface area (Å²) < 4.78 is 0. The van der Waals surface area contributed by atoms with Crippen LogP contribution < -0.4 is 5.32 Å². The van der Waals surface area contributed by atoms with Gasteiger partial charge in [0.25, 0.3) is 0 Å². The Morgan fingerprint density at radius 1 is 1.41 bits per heavy atom. The highest BCUT2D eigenvalue weighted by Gasteiger charge is 2.00. The molecule has 96 valence electrons. The van der Waals surface area contributed by atoms with Crippen molar-refractivity contribution < 1.29 is 0 Å². The third-order valence-corrected chi connectivity index (χ3v) is 3.20. The Morgan fingerprint density at radius 2 is 2.24 bits per heavy atom. The molecule has 0 radical (unpaired) electrons. The van der Waals surface area contributed by atoms with Crippen molar-refractivity contribution in [1.82, 2.24) is 9.97 Å². The third kappa shape index (κ3) is 5.87. The van der Waals surface area contributed by atoms with Crippen molar-refractivity contribution in [2.45, 2.75) is 39.5 Å². The van der Waals surface area contributed by atoms with Gasteiger partial charge in [0, 0.05) is 24.2 Å². The summed E-state index contributed by atoms with van der Waals surface area (Å²) >= 11 is 5.76. The molecule has 0 fully saturated rings. The number of nitrogens with one attached hydrogen (secondary N) is 1. The van der Waals surface area contributed by atoms with Gasteiger partial charge in [-0.2, -0.15) is 0 Å². The smallest absolute Gasteiger partial charge is 0.129 e. The Balaban J connectivity index is 2.28. The van der Waals surface area contributed by atoms with E-state index in [1.165, 1.54) is 0 Å². The minimum Gasteiger partial charge on any atom is -0.370 e. The zero-order valence-corrected chi connectivity index (χ0v) is 11.5. The zero-order chi connectivity index (χ0) is 12.5. The average Bonchev–Trinajstić information content (AvgIpc) is 2.35. The lowest BCUT2D eigenvalue weighted by atomic mass is 10.1. The van der Waals surface area contributed by atoms with Gasteiger partial charge in [-0.1, -0.05) is 20.3 Å². The third-order valence-electron chi connectivity index (χ3n) is 2.67. The van der Waals surface area contributed by atoms with Gasteiger partial charge in [-0.15, -0.1) is 11.6 Å². The molecule has 0 aliphatic carbocycles. The number of aryl methyl sites for hydroxylation is 1. The van der Waals surface area contributed by atoms with Crippen molar-refractivity contribution in [2.75, 3.05) is 17.7 Å². The summed E-state index contributed by atoms with van der Waals surface area (Å²) in [5.74, 6) is 2.27. The van der Waals surface area contributed by atoms with Crippen LogP contribution in [0.4, 0.5) is 5.82 Å². The Labute approximate surface area is 109 Å². The lowest BCUT2D eigenvalue weighted by molar-refractivity contribution is 0.572. The summed E-state index contributed by atoms with van der Waals surface area (Å²) in [7, 11) is 0. The highest BCUT2D eigenvalue weighted by Crippen LogP contribution is 2.09. The zero-order valence-electron chi connectivity index (χ0n) is 10.7. The number of hydrogen-bond donors (Lipinski definition) is 1. The van der Waals surface area contributed by atoms with Crippen molar-refractivity contribution in [2.24, 2.45) is 5.92 Å². The molecule has 0 amide bonds. The monoisotopic (exact) mass is 255 g/mol. The van der Waals surface area contributed by atoms with Crippen LogP contribution in [0, 0.1) is 5.92 Å². The van der Waals surface area contributed by atoms with Crippen LogP contribution in [-0.4, -0.2) is 22.4 Å². The predicted octanol–water partition coefficient (Wildman–Crippen LogP) is 3.50. The van der Waals surface area contributed by atoms with Crippen LogP contribution in [0.5, 0.6) is 0 Å². The van der Waals surface area contributed by atoms with E-state index in [1.54, 1.807) is 6.33 Å². The molecule has 1 aromatic rings. The van der Waals surface area contributed by atoms with E-state index in [0.29, 0.717) is 5.92 Å². The van der Waals surface area contributed by atoms with Crippen molar-refractivity contribution in [3.05, 3.63) is 18.1 Å². The summed E-state index contributed by atoms with van der Waals surface area (Å²) in [5, 5.41) is 3.33. The molecule has 0 aliphatic rings. The Hall–Kier alpha value is -0.830. The van der Waals surface area contributed by atoms with Gasteiger partial charge >= 0.3 is 0 Å². The largest absolute Gasteiger partial charge is 0.370 e. The molecule has 0 spiro atoms. The minimum absolute atomic E-state index is 0.597. The fourth-order valence-corrected chi connectivity index (χ4v) is 1.79. The summed E-state index contributed by atoms with van der Waals surface area (Å²) in [6, 6.07) is 2.04. The van der Waals surface area contributed by atoms with Crippen LogP contribution >= 0.6 is 11.6 Å². The number of anilines is 1. The fourth-order valence-electron chi connectivity index (χ4n) is 1.63. The van der Waals surface area contributed by atoms with Crippen LogP contribution in [0.3, 0.4) is 0 Å². The van der Waals surface area contributed by atoms with Gasteiger partial charge in [-0.3, -0.25) is 0 Å². The van der Waals surface area contributed by atoms with Crippen molar-refractivity contribution in [1.29, 1.82) is 0 Å². The molecule has 3 nitrogen and oxygen atoms in total. The van der Waals surface area contributed by atoms with E-state index < -0.39 is 0 Å². The van der Waals surface area contributed by atoms with Gasteiger partial charge in [-0.25, -0.2) is 9.97 Å². The molecule has 1 heterocycles. The number of alkyl halides is 1. The van der Waals surface area contributed by atoms with E-state index in [9.17, 15) is 0 Å². The maximum atomic E-state index is 5.76. The van der Waals surface area contributed by atoms with E-state index >= 15 is 0 Å². The Bertz CT molecular complexity index is 317. The van der Waals surface area contributed by atoms with Gasteiger partial charge in [0.2, 0.25) is 0 Å². The molecule has 1 rings (SSSR count). The van der Waals surface area contributed by atoms with Crippen LogP contribution in [0.15, 0.2) is 12.4 Å². The van der Waals surface area contributed by atoms with Gasteiger partial charge in [0.05, 0.1) is 0 Å². The first kappa shape index (κ1) is 14.2. The first-order valence-electron chi connectivity index (χ1n) is 6.37. The maximum absolute atomic E-state index is 5.76. The highest BCUT2D eigenvalue weighted by molar-refractivity contribution is 6.18. The van der Waals surface area contributed by atoms with Gasteiger partial charge in [0.15, 0.2) is 0 Å². The lowest BCUT2D eigenvalue weighted by Gasteiger charge is -2.09. The average molecular weight is 256 g/mol. The molecule has 0 bridgehead atoms. The number of rotatable bonds is 8. The quantitative estimate of drug-likeness (QED) is 0.571. The first-order chi connectivity index (χ1) is 8.26. The maximum Gasteiger partial charge on any atom is 0.129 e. The SMILES string of the molecule is CCCc1cc(NCCCC(C)CCl)ncn1. The second kappa shape index (κ2) is 8.29. The molecule has 0 aliphatic heterocycles. The first-order valence-corrected chi connectivity index (χ1v) is 6.90. The Kier molecular flexibility index (Phi) is 6.94. The van der Waals surface area contributed by atoms with Crippen molar-refractivity contribution in [3.8, 4) is 0 Å². The van der Waals surface area contributed by atoms with Gasteiger partial charge in [-0.05, 0) is 25.2 Å². The van der Waals surface area contributed by atoms with Crippen LogP contribution in [0.2, 0.25) is 0 Å². The molecule has 0 saturated heterocycles. The summed E-state index contributed by atoms with van der Waals surface area (Å²) in [5.41, 5.74) is 1.11. The number of halogens is 1. The molecule has 1 N–H and O–H groups in total. The van der Waals surface area contributed by atoms with E-state index in [2.05, 4.69) is 29.1 Å². The summed E-state index contributed by atoms with van der Waals surface area (Å²) in [4.78, 5) is 8.44. The van der Waals surface area contributed by atoms with E-state index in [1.807, 2.05) is 6.07 Å². The fraction of sp³-hybridized carbons (Fsp3) is 0.692. The highest BCUT2D eigenvalue weighted by atomic mass is 35.5. The topological polar surface area (TPSA) is 37.8 Å². The molecular weight excluding hydrogens is 234 g/mol. The second-order valence-corrected chi connectivity index (χ2v) is 4.78. The molecule has 1 aromatic heterocycles. The Morgan fingerprint density at radius 3 is 2.94 bits per heavy atom. The van der Waals surface area contributed by atoms with Gasteiger partial charge in [0.1, 0.15) is 12.1 Å². The van der Waals surface area contributed by atoms with Crippen LogP contribution in [0.25, 0.3) is 0 Å². The molecule has 0 aromatic carbocycles. The predicted molar refractivity (Wildman–Crippen MR) is 73.6 cm³/mol. The lowest BCUT2D eigenvalue weighted by Crippen LogP contribution is -2.07. The van der Waals surface area contributed by atoms with Crippen molar-refractivity contribution >= 4 is 17.4 Å². The molecular formula is C13H22ClN3. The normalized spacial score (nSPS) is 12.4. The minimum atomic E-state index is 0.597. The van der Waals surface area contributed by atoms with E-state index in [4.69, 9.17) is 11.6 Å². The summed E-state index contributed by atoms with van der Waals surface area (Å²) in [6.45, 7) is 5.28. The number of aromatic nitrogens is 2. The molecule has 1 unspecified atom stereocenters.